The Hall–Kier alpha value is -0.430. The minimum Gasteiger partial charge on any atom is -0.343 e. The molecule has 1 atom stereocenters. The molecule has 3 rings (SSSR count). The smallest absolute Gasteiger partial charge is 0.224 e. The molecule has 2 N–H and O–H groups in total. The van der Waals surface area contributed by atoms with Crippen molar-refractivity contribution in [3.8, 4) is 0 Å². The van der Waals surface area contributed by atoms with Crippen LogP contribution in [-0.2, 0) is 4.79 Å². The zero-order chi connectivity index (χ0) is 13.8. The number of halogens is 2. The van der Waals surface area contributed by atoms with Crippen molar-refractivity contribution in [3.63, 3.8) is 0 Å². The van der Waals surface area contributed by atoms with E-state index in [2.05, 4.69) is 15.5 Å². The minimum atomic E-state index is 0. The summed E-state index contributed by atoms with van der Waals surface area (Å²) in [4.78, 5) is 14.4. The lowest BCUT2D eigenvalue weighted by Crippen LogP contribution is -2.44. The van der Waals surface area contributed by atoms with Gasteiger partial charge in [0.2, 0.25) is 5.91 Å². The minimum absolute atomic E-state index is 0. The van der Waals surface area contributed by atoms with Crippen LogP contribution in [0.5, 0.6) is 0 Å². The fourth-order valence-corrected chi connectivity index (χ4v) is 3.97. The van der Waals surface area contributed by atoms with Gasteiger partial charge in [0.25, 0.3) is 0 Å². The summed E-state index contributed by atoms with van der Waals surface area (Å²) in [6.45, 7) is 2.79. The number of nitrogens with zero attached hydrogens (tertiary/aromatic N) is 2. The highest BCUT2D eigenvalue weighted by atomic mass is 35.5. The maximum Gasteiger partial charge on any atom is 0.224 e. The van der Waals surface area contributed by atoms with Crippen molar-refractivity contribution in [1.29, 1.82) is 0 Å². The lowest BCUT2D eigenvalue weighted by molar-refractivity contribution is -0.132. The summed E-state index contributed by atoms with van der Waals surface area (Å²) in [6.07, 6.45) is 4.54. The Morgan fingerprint density at radius 1 is 1.36 bits per heavy atom. The number of H-pyrrole nitrogens is 1. The van der Waals surface area contributed by atoms with Gasteiger partial charge in [-0.05, 0) is 18.9 Å². The van der Waals surface area contributed by atoms with E-state index in [0.29, 0.717) is 24.3 Å². The molecule has 1 aromatic rings. The molecule has 2 aliphatic rings. The van der Waals surface area contributed by atoms with Gasteiger partial charge >= 0.3 is 0 Å². The van der Waals surface area contributed by atoms with Gasteiger partial charge < -0.3 is 10.2 Å². The van der Waals surface area contributed by atoms with Gasteiger partial charge in [-0.25, -0.2) is 0 Å². The lowest BCUT2D eigenvalue weighted by atomic mass is 9.93. The Labute approximate surface area is 148 Å². The Balaban J connectivity index is 0.00000121. The number of carbonyl (C=O) groups excluding carboxylic acids is 1. The zero-order valence-corrected chi connectivity index (χ0v) is 14.9. The van der Waals surface area contributed by atoms with E-state index in [1.807, 2.05) is 22.7 Å². The largest absolute Gasteiger partial charge is 0.343 e. The molecule has 1 unspecified atom stereocenters. The molecule has 0 aliphatic carbocycles. The first kappa shape index (κ1) is 19.6. The first-order valence-corrected chi connectivity index (χ1v) is 8.56. The van der Waals surface area contributed by atoms with Gasteiger partial charge in [0.05, 0.1) is 0 Å². The van der Waals surface area contributed by atoms with E-state index in [9.17, 15) is 4.79 Å². The highest BCUT2D eigenvalue weighted by Gasteiger charge is 2.26. The number of likely N-dealkylation sites (tertiary alicyclic amines) is 1. The predicted molar refractivity (Wildman–Crippen MR) is 95.4 cm³/mol. The number of carbonyl (C=O) groups is 1. The maximum atomic E-state index is 12.3. The molecule has 5 nitrogen and oxygen atoms in total. The van der Waals surface area contributed by atoms with Gasteiger partial charge in [0.1, 0.15) is 0 Å². The molecule has 0 radical (unpaired) electrons. The second-order valence-electron chi connectivity index (χ2n) is 5.60. The molecule has 0 bridgehead atoms. The third kappa shape index (κ3) is 5.05. The summed E-state index contributed by atoms with van der Waals surface area (Å²) >= 11 is 1.95. The quantitative estimate of drug-likeness (QED) is 0.859. The Bertz CT molecular complexity index is 432. The standard InChI is InChI=1S/C14H22N4OS.2ClH/c19-14(9-12-10-20-8-5-15-12)18-6-2-11(3-7-18)13-1-4-16-17-13;;/h1,4,11-12,15H,2-3,5-10H2,(H,16,17);2*1H. The highest BCUT2D eigenvalue weighted by Crippen LogP contribution is 2.26. The van der Waals surface area contributed by atoms with Crippen LogP contribution in [0, 0.1) is 0 Å². The molecule has 1 aromatic heterocycles. The van der Waals surface area contributed by atoms with Crippen molar-refractivity contribution in [2.24, 2.45) is 0 Å². The molecule has 126 valence electrons. The molecule has 1 amide bonds. The van der Waals surface area contributed by atoms with Gasteiger partial charge in [0, 0.05) is 61.4 Å². The number of thioether (sulfide) groups is 1. The Morgan fingerprint density at radius 3 is 2.73 bits per heavy atom. The molecule has 0 saturated carbocycles. The fourth-order valence-electron chi connectivity index (χ4n) is 3.02. The third-order valence-corrected chi connectivity index (χ3v) is 5.36. The lowest BCUT2D eigenvalue weighted by Gasteiger charge is -2.33. The van der Waals surface area contributed by atoms with Crippen LogP contribution in [0.2, 0.25) is 0 Å². The SMILES string of the molecule is Cl.Cl.O=C(CC1CSCCN1)N1CCC(c2ccn[nH]2)CC1. The van der Waals surface area contributed by atoms with Crippen LogP contribution in [-0.4, -0.2) is 58.2 Å². The number of aromatic nitrogens is 2. The molecule has 8 heteroatoms. The van der Waals surface area contributed by atoms with Crippen LogP contribution in [0.3, 0.4) is 0 Å². The number of nitrogens with one attached hydrogen (secondary N) is 2. The summed E-state index contributed by atoms with van der Waals surface area (Å²) in [6, 6.07) is 2.41. The molecular formula is C14H24Cl2N4OS. The van der Waals surface area contributed by atoms with Gasteiger partial charge in [-0.3, -0.25) is 9.89 Å². The van der Waals surface area contributed by atoms with E-state index in [1.54, 1.807) is 6.20 Å². The van der Waals surface area contributed by atoms with E-state index in [-0.39, 0.29) is 24.8 Å². The molecule has 3 heterocycles. The van der Waals surface area contributed by atoms with Gasteiger partial charge in [-0.15, -0.1) is 24.8 Å². The summed E-state index contributed by atoms with van der Waals surface area (Å²) in [5.74, 6) is 3.08. The van der Waals surface area contributed by atoms with Gasteiger partial charge in [0.15, 0.2) is 0 Å². The normalized spacial score (nSPS) is 22.5. The summed E-state index contributed by atoms with van der Waals surface area (Å²) in [5, 5.41) is 10.5. The van der Waals surface area contributed by atoms with Crippen molar-refractivity contribution in [3.05, 3.63) is 18.0 Å². The second-order valence-corrected chi connectivity index (χ2v) is 6.75. The van der Waals surface area contributed by atoms with Crippen LogP contribution >= 0.6 is 36.6 Å². The Kier molecular flexibility index (Phi) is 8.61. The van der Waals surface area contributed by atoms with E-state index >= 15 is 0 Å². The second kappa shape index (κ2) is 9.65. The Morgan fingerprint density at radius 2 is 2.14 bits per heavy atom. The monoisotopic (exact) mass is 366 g/mol. The van der Waals surface area contributed by atoms with Gasteiger partial charge in [-0.1, -0.05) is 0 Å². The average Bonchev–Trinajstić information content (AvgIpc) is 3.03. The van der Waals surface area contributed by atoms with Crippen molar-refractivity contribution < 1.29 is 4.79 Å². The fraction of sp³-hybridized carbons (Fsp3) is 0.714. The number of piperidine rings is 1. The van der Waals surface area contributed by atoms with Gasteiger partial charge in [-0.2, -0.15) is 16.9 Å². The molecular weight excluding hydrogens is 343 g/mol. The molecule has 2 saturated heterocycles. The average molecular weight is 367 g/mol. The van der Waals surface area contributed by atoms with Crippen molar-refractivity contribution in [1.82, 2.24) is 20.4 Å². The predicted octanol–water partition coefficient (Wildman–Crippen LogP) is 2.05. The van der Waals surface area contributed by atoms with Crippen LogP contribution < -0.4 is 5.32 Å². The van der Waals surface area contributed by atoms with Crippen LogP contribution in [0.4, 0.5) is 0 Å². The van der Waals surface area contributed by atoms with Crippen molar-refractivity contribution in [2.45, 2.75) is 31.2 Å². The molecule has 22 heavy (non-hydrogen) atoms. The zero-order valence-electron chi connectivity index (χ0n) is 12.5. The number of rotatable bonds is 3. The molecule has 2 aliphatic heterocycles. The maximum absolute atomic E-state index is 12.3. The number of hydrogen-bond acceptors (Lipinski definition) is 4. The molecule has 0 aromatic carbocycles. The van der Waals surface area contributed by atoms with Crippen LogP contribution in [0.1, 0.15) is 30.9 Å². The highest BCUT2D eigenvalue weighted by molar-refractivity contribution is 7.99. The summed E-state index contributed by atoms with van der Waals surface area (Å²) < 4.78 is 0. The first-order valence-electron chi connectivity index (χ1n) is 7.41. The molecule has 0 spiro atoms. The van der Waals surface area contributed by atoms with E-state index in [4.69, 9.17) is 0 Å². The van der Waals surface area contributed by atoms with Crippen molar-refractivity contribution >= 4 is 42.5 Å². The third-order valence-electron chi connectivity index (χ3n) is 4.23. The number of amides is 1. The summed E-state index contributed by atoms with van der Waals surface area (Å²) in [7, 11) is 0. The van der Waals surface area contributed by atoms with Crippen molar-refractivity contribution in [2.75, 3.05) is 31.1 Å². The topological polar surface area (TPSA) is 61.0 Å². The molecule has 2 fully saturated rings. The number of hydrogen-bond donors (Lipinski definition) is 2. The van der Waals surface area contributed by atoms with E-state index in [0.717, 1.165) is 38.2 Å². The van der Waals surface area contributed by atoms with Crippen LogP contribution in [0.15, 0.2) is 12.3 Å². The number of aromatic amines is 1. The van der Waals surface area contributed by atoms with E-state index < -0.39 is 0 Å². The first-order chi connectivity index (χ1) is 9.83. The van der Waals surface area contributed by atoms with Crippen LogP contribution in [0.25, 0.3) is 0 Å². The van der Waals surface area contributed by atoms with E-state index in [1.165, 1.54) is 11.4 Å². The summed E-state index contributed by atoms with van der Waals surface area (Å²) in [5.41, 5.74) is 1.21.